The smallest absolute Gasteiger partial charge is 0.129 e. The molecule has 0 aromatic heterocycles. The SMILES string of the molecule is CC(=O)CCCCCCCCCC(C)(C)C. The Balaban J connectivity index is 3.07. The normalized spacial score (nSPS) is 11.8. The van der Waals surface area contributed by atoms with E-state index in [9.17, 15) is 4.79 Å². The van der Waals surface area contributed by atoms with Gasteiger partial charge < -0.3 is 4.79 Å². The Labute approximate surface area is 102 Å². The number of hydrogen-bond donors (Lipinski definition) is 0. The van der Waals surface area contributed by atoms with Crippen LogP contribution < -0.4 is 0 Å². The van der Waals surface area contributed by atoms with Gasteiger partial charge in [-0.1, -0.05) is 59.3 Å². The molecule has 0 aliphatic heterocycles. The van der Waals surface area contributed by atoms with Crippen LogP contribution in [0.5, 0.6) is 0 Å². The van der Waals surface area contributed by atoms with Crippen LogP contribution >= 0.6 is 0 Å². The fourth-order valence-corrected chi connectivity index (χ4v) is 1.91. The van der Waals surface area contributed by atoms with Crippen molar-refractivity contribution in [3.8, 4) is 0 Å². The van der Waals surface area contributed by atoms with Gasteiger partial charge in [0.05, 0.1) is 0 Å². The number of ketones is 1. The Morgan fingerprint density at radius 1 is 0.812 bits per heavy atom. The third kappa shape index (κ3) is 13.7. The van der Waals surface area contributed by atoms with Crippen molar-refractivity contribution in [1.82, 2.24) is 0 Å². The summed E-state index contributed by atoms with van der Waals surface area (Å²) < 4.78 is 0. The second-order valence-electron chi connectivity index (χ2n) is 6.24. The molecule has 0 heterocycles. The first-order valence-corrected chi connectivity index (χ1v) is 6.91. The predicted molar refractivity (Wildman–Crippen MR) is 71.7 cm³/mol. The molecule has 1 nitrogen and oxygen atoms in total. The average Bonchev–Trinajstić information content (AvgIpc) is 2.13. The minimum absolute atomic E-state index is 0.338. The van der Waals surface area contributed by atoms with E-state index < -0.39 is 0 Å². The van der Waals surface area contributed by atoms with Crippen molar-refractivity contribution in [3.05, 3.63) is 0 Å². The molecule has 0 atom stereocenters. The molecule has 0 fully saturated rings. The molecule has 0 amide bonds. The second-order valence-corrected chi connectivity index (χ2v) is 6.24. The zero-order chi connectivity index (χ0) is 12.4. The lowest BCUT2D eigenvalue weighted by molar-refractivity contribution is -0.117. The van der Waals surface area contributed by atoms with Gasteiger partial charge in [-0.3, -0.25) is 0 Å². The third-order valence-electron chi connectivity index (χ3n) is 2.96. The highest BCUT2D eigenvalue weighted by Gasteiger charge is 2.08. The van der Waals surface area contributed by atoms with Crippen LogP contribution in [-0.4, -0.2) is 5.78 Å². The van der Waals surface area contributed by atoms with Crippen molar-refractivity contribution >= 4 is 5.78 Å². The van der Waals surface area contributed by atoms with Crippen LogP contribution in [0.15, 0.2) is 0 Å². The minimum atomic E-state index is 0.338. The molecule has 0 spiro atoms. The molecule has 0 aromatic rings. The molecular weight excluding hydrogens is 196 g/mol. The molecule has 0 aliphatic rings. The monoisotopic (exact) mass is 226 g/mol. The molecule has 0 unspecified atom stereocenters. The van der Waals surface area contributed by atoms with Gasteiger partial charge in [0.25, 0.3) is 0 Å². The molecule has 0 radical (unpaired) electrons. The average molecular weight is 226 g/mol. The zero-order valence-electron chi connectivity index (χ0n) is 11.8. The molecule has 1 heteroatoms. The molecule has 96 valence electrons. The number of carbonyl (C=O) groups excluding carboxylic acids is 1. The van der Waals surface area contributed by atoms with Crippen LogP contribution in [0.1, 0.15) is 85.5 Å². The van der Waals surface area contributed by atoms with Crippen LogP contribution in [-0.2, 0) is 4.79 Å². The van der Waals surface area contributed by atoms with Gasteiger partial charge in [0.15, 0.2) is 0 Å². The maximum absolute atomic E-state index is 10.7. The van der Waals surface area contributed by atoms with Crippen LogP contribution in [0, 0.1) is 5.41 Å². The van der Waals surface area contributed by atoms with E-state index in [1.54, 1.807) is 6.92 Å². The van der Waals surface area contributed by atoms with Gasteiger partial charge in [-0.25, -0.2) is 0 Å². The molecular formula is C15H30O. The minimum Gasteiger partial charge on any atom is -0.300 e. The lowest BCUT2D eigenvalue weighted by Gasteiger charge is -2.17. The predicted octanol–water partition coefficient (Wildman–Crippen LogP) is 5.13. The Morgan fingerprint density at radius 3 is 1.69 bits per heavy atom. The maximum atomic E-state index is 10.7. The van der Waals surface area contributed by atoms with E-state index in [2.05, 4.69) is 20.8 Å². The summed E-state index contributed by atoms with van der Waals surface area (Å²) in [7, 11) is 0. The van der Waals surface area contributed by atoms with Gasteiger partial charge in [0.2, 0.25) is 0 Å². The number of rotatable bonds is 9. The lowest BCUT2D eigenvalue weighted by atomic mass is 9.89. The van der Waals surface area contributed by atoms with E-state index in [0.717, 1.165) is 12.8 Å². The van der Waals surface area contributed by atoms with Gasteiger partial charge in [-0.15, -0.1) is 0 Å². The summed E-state index contributed by atoms with van der Waals surface area (Å²) in [5, 5.41) is 0. The molecule has 0 aromatic carbocycles. The van der Waals surface area contributed by atoms with Gasteiger partial charge >= 0.3 is 0 Å². The summed E-state index contributed by atoms with van der Waals surface area (Å²) >= 11 is 0. The summed E-state index contributed by atoms with van der Waals surface area (Å²) in [4.78, 5) is 10.7. The second kappa shape index (κ2) is 8.78. The Hall–Kier alpha value is -0.330. The first kappa shape index (κ1) is 15.7. The highest BCUT2D eigenvalue weighted by molar-refractivity contribution is 5.75. The van der Waals surface area contributed by atoms with E-state index in [1.807, 2.05) is 0 Å². The van der Waals surface area contributed by atoms with Crippen molar-refractivity contribution in [2.24, 2.45) is 5.41 Å². The molecule has 0 saturated carbocycles. The van der Waals surface area contributed by atoms with Crippen molar-refractivity contribution < 1.29 is 4.79 Å². The van der Waals surface area contributed by atoms with E-state index in [-0.39, 0.29) is 0 Å². The first-order chi connectivity index (χ1) is 7.42. The highest BCUT2D eigenvalue weighted by Crippen LogP contribution is 2.22. The Kier molecular flexibility index (Phi) is 8.60. The molecule has 0 N–H and O–H groups in total. The van der Waals surface area contributed by atoms with E-state index in [1.165, 1.54) is 44.9 Å². The van der Waals surface area contributed by atoms with Crippen molar-refractivity contribution in [3.63, 3.8) is 0 Å². The lowest BCUT2D eigenvalue weighted by Crippen LogP contribution is -2.03. The summed E-state index contributed by atoms with van der Waals surface area (Å²) in [6.07, 6.45) is 11.2. The van der Waals surface area contributed by atoms with Gasteiger partial charge in [-0.05, 0) is 25.2 Å². The fraction of sp³-hybridized carbons (Fsp3) is 0.933. The van der Waals surface area contributed by atoms with Crippen molar-refractivity contribution in [2.75, 3.05) is 0 Å². The van der Waals surface area contributed by atoms with E-state index >= 15 is 0 Å². The van der Waals surface area contributed by atoms with Crippen LogP contribution in [0.4, 0.5) is 0 Å². The van der Waals surface area contributed by atoms with Crippen LogP contribution in [0.3, 0.4) is 0 Å². The topological polar surface area (TPSA) is 17.1 Å². The molecule has 0 rings (SSSR count). The standard InChI is InChI=1S/C15H30O/c1-14(16)12-10-8-6-5-7-9-11-13-15(2,3)4/h5-13H2,1-4H3. The molecule has 0 aliphatic carbocycles. The highest BCUT2D eigenvalue weighted by atomic mass is 16.1. The third-order valence-corrected chi connectivity index (χ3v) is 2.96. The van der Waals surface area contributed by atoms with Crippen LogP contribution in [0.25, 0.3) is 0 Å². The summed E-state index contributed by atoms with van der Waals surface area (Å²) in [5.41, 5.74) is 0.501. The number of unbranched alkanes of at least 4 members (excludes halogenated alkanes) is 6. The van der Waals surface area contributed by atoms with Crippen molar-refractivity contribution in [2.45, 2.75) is 85.5 Å². The zero-order valence-corrected chi connectivity index (χ0v) is 11.8. The van der Waals surface area contributed by atoms with Gasteiger partial charge in [0, 0.05) is 6.42 Å². The van der Waals surface area contributed by atoms with E-state index in [0.29, 0.717) is 11.2 Å². The fourth-order valence-electron chi connectivity index (χ4n) is 1.91. The largest absolute Gasteiger partial charge is 0.300 e. The number of Topliss-reactive ketones (excluding diaryl/α,β-unsaturated/α-hetero) is 1. The first-order valence-electron chi connectivity index (χ1n) is 6.91. The van der Waals surface area contributed by atoms with Crippen LogP contribution in [0.2, 0.25) is 0 Å². The Morgan fingerprint density at radius 2 is 1.25 bits per heavy atom. The molecule has 0 saturated heterocycles. The number of hydrogen-bond acceptors (Lipinski definition) is 1. The summed E-state index contributed by atoms with van der Waals surface area (Å²) in [6, 6.07) is 0. The molecule has 16 heavy (non-hydrogen) atoms. The van der Waals surface area contributed by atoms with E-state index in [4.69, 9.17) is 0 Å². The quantitative estimate of drug-likeness (QED) is 0.498. The Bertz CT molecular complexity index is 176. The molecule has 0 bridgehead atoms. The maximum Gasteiger partial charge on any atom is 0.129 e. The van der Waals surface area contributed by atoms with Gasteiger partial charge in [-0.2, -0.15) is 0 Å². The number of carbonyl (C=O) groups is 1. The summed E-state index contributed by atoms with van der Waals surface area (Å²) in [5.74, 6) is 0.338. The summed E-state index contributed by atoms with van der Waals surface area (Å²) in [6.45, 7) is 8.63. The van der Waals surface area contributed by atoms with Crippen molar-refractivity contribution in [1.29, 1.82) is 0 Å². The van der Waals surface area contributed by atoms with Gasteiger partial charge in [0.1, 0.15) is 5.78 Å².